The van der Waals surface area contributed by atoms with Gasteiger partial charge in [-0.3, -0.25) is 4.79 Å². The molecule has 1 unspecified atom stereocenters. The standard InChI is InChI=1S/C14H17BrN4OS/c1-8(9-4-6-10(15)7-5-9)17-13(20)11-12(16)18-14(21-11)19(2)3/h4-8H,16H2,1-3H3,(H,17,20). The molecule has 1 aromatic heterocycles. The van der Waals surface area contributed by atoms with Gasteiger partial charge in [-0.05, 0) is 24.6 Å². The summed E-state index contributed by atoms with van der Waals surface area (Å²) in [6.45, 7) is 1.94. The molecule has 0 aliphatic rings. The molecule has 0 aliphatic heterocycles. The first kappa shape index (κ1) is 15.8. The van der Waals surface area contributed by atoms with Crippen LogP contribution in [-0.4, -0.2) is 25.0 Å². The summed E-state index contributed by atoms with van der Waals surface area (Å²) < 4.78 is 1.01. The van der Waals surface area contributed by atoms with Crippen LogP contribution in [0.15, 0.2) is 28.7 Å². The van der Waals surface area contributed by atoms with Crippen molar-refractivity contribution in [1.82, 2.24) is 10.3 Å². The summed E-state index contributed by atoms with van der Waals surface area (Å²) >= 11 is 4.68. The van der Waals surface area contributed by atoms with E-state index >= 15 is 0 Å². The number of aromatic nitrogens is 1. The molecule has 1 aromatic carbocycles. The number of carbonyl (C=O) groups is 1. The van der Waals surface area contributed by atoms with Crippen LogP contribution in [0.25, 0.3) is 0 Å². The normalized spacial score (nSPS) is 12.0. The molecule has 0 saturated carbocycles. The average Bonchev–Trinajstić information content (AvgIpc) is 2.81. The van der Waals surface area contributed by atoms with Crippen molar-refractivity contribution in [3.63, 3.8) is 0 Å². The molecule has 0 saturated heterocycles. The van der Waals surface area contributed by atoms with E-state index in [0.717, 1.165) is 10.0 Å². The predicted molar refractivity (Wildman–Crippen MR) is 90.9 cm³/mol. The molecule has 0 spiro atoms. The SMILES string of the molecule is CC(NC(=O)c1sc(N(C)C)nc1N)c1ccc(Br)cc1. The second-order valence-electron chi connectivity index (χ2n) is 4.85. The fourth-order valence-corrected chi connectivity index (χ4v) is 2.85. The fraction of sp³-hybridized carbons (Fsp3) is 0.286. The lowest BCUT2D eigenvalue weighted by molar-refractivity contribution is 0.0944. The van der Waals surface area contributed by atoms with E-state index in [0.29, 0.717) is 10.0 Å². The van der Waals surface area contributed by atoms with Crippen molar-refractivity contribution in [2.45, 2.75) is 13.0 Å². The van der Waals surface area contributed by atoms with Gasteiger partial charge in [0.1, 0.15) is 10.7 Å². The highest BCUT2D eigenvalue weighted by Gasteiger charge is 2.19. The van der Waals surface area contributed by atoms with Crippen molar-refractivity contribution >= 4 is 44.1 Å². The van der Waals surface area contributed by atoms with Gasteiger partial charge in [0.15, 0.2) is 5.13 Å². The lowest BCUT2D eigenvalue weighted by atomic mass is 10.1. The molecule has 0 radical (unpaired) electrons. The van der Waals surface area contributed by atoms with Crippen LogP contribution in [0, 0.1) is 0 Å². The zero-order valence-electron chi connectivity index (χ0n) is 12.1. The van der Waals surface area contributed by atoms with Gasteiger partial charge in [0, 0.05) is 18.6 Å². The summed E-state index contributed by atoms with van der Waals surface area (Å²) in [7, 11) is 3.73. The molecule has 1 amide bonds. The summed E-state index contributed by atoms with van der Waals surface area (Å²) in [4.78, 5) is 18.8. The van der Waals surface area contributed by atoms with Crippen molar-refractivity contribution in [2.24, 2.45) is 0 Å². The van der Waals surface area contributed by atoms with E-state index in [1.54, 1.807) is 0 Å². The molecule has 5 nitrogen and oxygen atoms in total. The minimum atomic E-state index is -0.200. The first-order valence-corrected chi connectivity index (χ1v) is 7.99. The van der Waals surface area contributed by atoms with Gasteiger partial charge in [0.2, 0.25) is 0 Å². The van der Waals surface area contributed by atoms with Crippen LogP contribution in [-0.2, 0) is 0 Å². The van der Waals surface area contributed by atoms with Crippen molar-refractivity contribution in [2.75, 3.05) is 24.7 Å². The van der Waals surface area contributed by atoms with Crippen molar-refractivity contribution in [3.8, 4) is 0 Å². The third kappa shape index (κ3) is 3.74. The van der Waals surface area contributed by atoms with Gasteiger partial charge in [-0.1, -0.05) is 39.4 Å². The number of thiazole rings is 1. The molecule has 0 bridgehead atoms. The monoisotopic (exact) mass is 368 g/mol. The number of carbonyl (C=O) groups excluding carboxylic acids is 1. The van der Waals surface area contributed by atoms with Crippen LogP contribution in [0.1, 0.15) is 28.2 Å². The lowest BCUT2D eigenvalue weighted by Gasteiger charge is -2.13. The number of nitrogens with two attached hydrogens (primary N) is 1. The number of anilines is 2. The number of nitrogen functional groups attached to an aromatic ring is 1. The van der Waals surface area contributed by atoms with Crippen LogP contribution in [0.2, 0.25) is 0 Å². The van der Waals surface area contributed by atoms with E-state index < -0.39 is 0 Å². The third-order valence-corrected chi connectivity index (χ3v) is 4.71. The molecule has 7 heteroatoms. The Kier molecular flexibility index (Phi) is 4.84. The van der Waals surface area contributed by atoms with E-state index in [1.165, 1.54) is 11.3 Å². The maximum absolute atomic E-state index is 12.3. The fourth-order valence-electron chi connectivity index (χ4n) is 1.77. The second kappa shape index (κ2) is 6.44. The zero-order chi connectivity index (χ0) is 15.6. The van der Waals surface area contributed by atoms with Crippen molar-refractivity contribution in [3.05, 3.63) is 39.2 Å². The number of nitrogens with one attached hydrogen (secondary N) is 1. The Morgan fingerprint density at radius 3 is 2.52 bits per heavy atom. The molecule has 1 heterocycles. The second-order valence-corrected chi connectivity index (χ2v) is 6.75. The Morgan fingerprint density at radius 1 is 1.38 bits per heavy atom. The molecule has 2 rings (SSSR count). The quantitative estimate of drug-likeness (QED) is 0.869. The van der Waals surface area contributed by atoms with E-state index in [2.05, 4.69) is 26.2 Å². The molecule has 3 N–H and O–H groups in total. The molecule has 0 aliphatic carbocycles. The zero-order valence-corrected chi connectivity index (χ0v) is 14.5. The predicted octanol–water partition coefficient (Wildman–Crippen LogP) is 3.04. The van der Waals surface area contributed by atoms with Gasteiger partial charge in [-0.25, -0.2) is 4.98 Å². The molecule has 21 heavy (non-hydrogen) atoms. The van der Waals surface area contributed by atoms with Crippen LogP contribution in [0.5, 0.6) is 0 Å². The number of hydrogen-bond acceptors (Lipinski definition) is 5. The minimum Gasteiger partial charge on any atom is -0.382 e. The number of halogens is 1. The summed E-state index contributed by atoms with van der Waals surface area (Å²) in [5.74, 6) is 0.0673. The highest BCUT2D eigenvalue weighted by molar-refractivity contribution is 9.10. The Hall–Kier alpha value is -1.60. The molecule has 2 aromatic rings. The summed E-state index contributed by atoms with van der Waals surface area (Å²) in [5.41, 5.74) is 6.85. The van der Waals surface area contributed by atoms with Gasteiger partial charge in [0.25, 0.3) is 5.91 Å². The number of nitrogens with zero attached hydrogens (tertiary/aromatic N) is 2. The molecular formula is C14H17BrN4OS. The maximum Gasteiger partial charge on any atom is 0.265 e. The van der Waals surface area contributed by atoms with E-state index in [4.69, 9.17) is 5.73 Å². The Labute approximate surface area is 136 Å². The Morgan fingerprint density at radius 2 is 2.00 bits per heavy atom. The molecule has 1 atom stereocenters. The van der Waals surface area contributed by atoms with Gasteiger partial charge < -0.3 is 16.0 Å². The number of benzene rings is 1. The number of hydrogen-bond donors (Lipinski definition) is 2. The van der Waals surface area contributed by atoms with Gasteiger partial charge >= 0.3 is 0 Å². The number of rotatable bonds is 4. The van der Waals surface area contributed by atoms with Crippen LogP contribution in [0.4, 0.5) is 10.9 Å². The van der Waals surface area contributed by atoms with Gasteiger partial charge in [-0.15, -0.1) is 0 Å². The topological polar surface area (TPSA) is 71.2 Å². The number of amides is 1. The molecule has 0 fully saturated rings. The van der Waals surface area contributed by atoms with Crippen molar-refractivity contribution < 1.29 is 4.79 Å². The first-order chi connectivity index (χ1) is 9.88. The average molecular weight is 369 g/mol. The summed E-state index contributed by atoms with van der Waals surface area (Å²) in [6, 6.07) is 7.73. The third-order valence-electron chi connectivity index (χ3n) is 2.95. The van der Waals surface area contributed by atoms with Gasteiger partial charge in [-0.2, -0.15) is 0 Å². The van der Waals surface area contributed by atoms with Crippen LogP contribution >= 0.6 is 27.3 Å². The largest absolute Gasteiger partial charge is 0.382 e. The highest BCUT2D eigenvalue weighted by atomic mass is 79.9. The Bertz CT molecular complexity index is 639. The van der Waals surface area contributed by atoms with E-state index in [9.17, 15) is 4.79 Å². The van der Waals surface area contributed by atoms with Crippen LogP contribution < -0.4 is 16.0 Å². The smallest absolute Gasteiger partial charge is 0.265 e. The lowest BCUT2D eigenvalue weighted by Crippen LogP contribution is -2.26. The highest BCUT2D eigenvalue weighted by Crippen LogP contribution is 2.27. The first-order valence-electron chi connectivity index (χ1n) is 6.38. The van der Waals surface area contributed by atoms with Gasteiger partial charge in [0.05, 0.1) is 6.04 Å². The molecular weight excluding hydrogens is 352 g/mol. The minimum absolute atomic E-state index is 0.102. The van der Waals surface area contributed by atoms with E-state index in [1.807, 2.05) is 50.2 Å². The van der Waals surface area contributed by atoms with E-state index in [-0.39, 0.29) is 17.8 Å². The molecule has 112 valence electrons. The van der Waals surface area contributed by atoms with Crippen LogP contribution in [0.3, 0.4) is 0 Å². The Balaban J connectivity index is 2.12. The van der Waals surface area contributed by atoms with Crippen molar-refractivity contribution in [1.29, 1.82) is 0 Å². The summed E-state index contributed by atoms with van der Waals surface area (Å²) in [5, 5.41) is 3.66. The summed E-state index contributed by atoms with van der Waals surface area (Å²) in [6.07, 6.45) is 0. The maximum atomic E-state index is 12.3.